The van der Waals surface area contributed by atoms with Crippen molar-refractivity contribution in [1.29, 1.82) is 0 Å². The van der Waals surface area contributed by atoms with E-state index < -0.39 is 23.5 Å². The maximum Gasteiger partial charge on any atom is 0.321 e. The maximum atomic E-state index is 11.7. The number of carbonyl (C=O) groups is 2. The van der Waals surface area contributed by atoms with Gasteiger partial charge in [0.25, 0.3) is 0 Å². The minimum absolute atomic E-state index is 0.111. The van der Waals surface area contributed by atoms with Crippen LogP contribution in [0.4, 0.5) is 0 Å². The van der Waals surface area contributed by atoms with Gasteiger partial charge >= 0.3 is 11.9 Å². The van der Waals surface area contributed by atoms with Gasteiger partial charge in [0.15, 0.2) is 5.92 Å². The van der Waals surface area contributed by atoms with Gasteiger partial charge in [0.05, 0.1) is 0 Å². The molecule has 17 heavy (non-hydrogen) atoms. The number of esters is 1. The Hall–Kier alpha value is -1.06. The third-order valence-corrected chi connectivity index (χ3v) is 5.68. The summed E-state index contributed by atoms with van der Waals surface area (Å²) in [4.78, 5) is 22.8. The van der Waals surface area contributed by atoms with E-state index in [2.05, 4.69) is 20.8 Å². The minimum Gasteiger partial charge on any atom is -0.481 e. The lowest BCUT2D eigenvalue weighted by molar-refractivity contribution is -0.164. The van der Waals surface area contributed by atoms with Crippen molar-refractivity contribution in [3.05, 3.63) is 0 Å². The van der Waals surface area contributed by atoms with E-state index in [4.69, 9.17) is 9.84 Å². The Balaban J connectivity index is 1.99. The second-order valence-corrected chi connectivity index (χ2v) is 6.42. The molecule has 3 rings (SSSR count). The van der Waals surface area contributed by atoms with Crippen LogP contribution in [-0.2, 0) is 14.3 Å². The van der Waals surface area contributed by atoms with Crippen LogP contribution in [0.15, 0.2) is 0 Å². The van der Waals surface area contributed by atoms with Crippen molar-refractivity contribution in [2.45, 2.75) is 39.2 Å². The molecule has 4 heteroatoms. The first kappa shape index (κ1) is 11.1. The fourth-order valence-corrected chi connectivity index (χ4v) is 4.19. The number of hydrogen-bond acceptors (Lipinski definition) is 3. The van der Waals surface area contributed by atoms with Crippen LogP contribution in [0.3, 0.4) is 0 Å². The molecule has 1 spiro atoms. The Morgan fingerprint density at radius 1 is 1.47 bits per heavy atom. The SMILES string of the molecule is CC1C2CC2[C@@]2(CC(C(=O)O)C(=O)O2)C1(C)C. The lowest BCUT2D eigenvalue weighted by Crippen LogP contribution is -2.46. The van der Waals surface area contributed by atoms with Gasteiger partial charge in [0, 0.05) is 17.8 Å². The molecule has 1 N–H and O–H groups in total. The number of rotatable bonds is 1. The van der Waals surface area contributed by atoms with Crippen molar-refractivity contribution in [1.82, 2.24) is 0 Å². The molecule has 4 unspecified atom stereocenters. The van der Waals surface area contributed by atoms with Crippen molar-refractivity contribution in [3.8, 4) is 0 Å². The largest absolute Gasteiger partial charge is 0.481 e. The predicted octanol–water partition coefficient (Wildman–Crippen LogP) is 1.68. The third-order valence-electron chi connectivity index (χ3n) is 5.68. The van der Waals surface area contributed by atoms with E-state index in [1.54, 1.807) is 0 Å². The summed E-state index contributed by atoms with van der Waals surface area (Å²) < 4.78 is 5.60. The number of fused-ring (bicyclic) bond motifs is 2. The smallest absolute Gasteiger partial charge is 0.321 e. The van der Waals surface area contributed by atoms with Crippen molar-refractivity contribution in [2.75, 3.05) is 0 Å². The summed E-state index contributed by atoms with van der Waals surface area (Å²) in [6.07, 6.45) is 1.45. The molecule has 3 aliphatic rings. The van der Waals surface area contributed by atoms with Crippen LogP contribution in [-0.4, -0.2) is 22.6 Å². The number of carbonyl (C=O) groups excluding carboxylic acids is 1. The van der Waals surface area contributed by atoms with Crippen LogP contribution in [0.5, 0.6) is 0 Å². The first-order chi connectivity index (χ1) is 7.81. The zero-order valence-corrected chi connectivity index (χ0v) is 10.4. The van der Waals surface area contributed by atoms with Crippen molar-refractivity contribution in [3.63, 3.8) is 0 Å². The standard InChI is InChI=1S/C13H18O4/c1-6-7-4-9(7)13(12(6,2)3)5-8(10(14)15)11(16)17-13/h6-9H,4-5H2,1-3H3,(H,14,15)/t6?,7?,8?,9?,13-/m0/s1. The van der Waals surface area contributed by atoms with Gasteiger partial charge in [-0.25, -0.2) is 0 Å². The molecule has 0 bridgehead atoms. The molecule has 0 amide bonds. The maximum absolute atomic E-state index is 11.7. The molecule has 1 saturated heterocycles. The summed E-state index contributed by atoms with van der Waals surface area (Å²) in [6, 6.07) is 0. The van der Waals surface area contributed by atoms with Gasteiger partial charge in [-0.3, -0.25) is 9.59 Å². The molecular weight excluding hydrogens is 220 g/mol. The highest BCUT2D eigenvalue weighted by Crippen LogP contribution is 2.72. The molecule has 3 fully saturated rings. The Morgan fingerprint density at radius 3 is 2.53 bits per heavy atom. The highest BCUT2D eigenvalue weighted by atomic mass is 16.6. The highest BCUT2D eigenvalue weighted by Gasteiger charge is 2.75. The third kappa shape index (κ3) is 1.09. The van der Waals surface area contributed by atoms with Gasteiger partial charge in [0.1, 0.15) is 5.60 Å². The van der Waals surface area contributed by atoms with E-state index in [1.807, 2.05) is 0 Å². The summed E-state index contributed by atoms with van der Waals surface area (Å²) in [5, 5.41) is 9.06. The normalized spacial score (nSPS) is 50.2. The number of carboxylic acid groups (broad SMARTS) is 1. The highest BCUT2D eigenvalue weighted by molar-refractivity contribution is 5.95. The number of aliphatic carboxylic acids is 1. The molecule has 0 aromatic rings. The molecule has 2 saturated carbocycles. The van der Waals surface area contributed by atoms with Gasteiger partial charge < -0.3 is 9.84 Å². The molecular formula is C13H18O4. The summed E-state index contributed by atoms with van der Waals surface area (Å²) in [5.74, 6) is -1.04. The zero-order valence-electron chi connectivity index (χ0n) is 10.4. The van der Waals surface area contributed by atoms with Crippen LogP contribution in [0.25, 0.3) is 0 Å². The molecule has 1 heterocycles. The fraction of sp³-hybridized carbons (Fsp3) is 0.846. The first-order valence-electron chi connectivity index (χ1n) is 6.27. The Labute approximate surface area is 100 Å². The summed E-state index contributed by atoms with van der Waals surface area (Å²) in [6.45, 7) is 6.42. The van der Waals surface area contributed by atoms with E-state index in [-0.39, 0.29) is 5.41 Å². The van der Waals surface area contributed by atoms with Gasteiger partial charge in [-0.15, -0.1) is 0 Å². The fourth-order valence-electron chi connectivity index (χ4n) is 4.19. The summed E-state index contributed by atoms with van der Waals surface area (Å²) >= 11 is 0. The molecule has 0 radical (unpaired) electrons. The first-order valence-corrected chi connectivity index (χ1v) is 6.27. The average molecular weight is 238 g/mol. The van der Waals surface area contributed by atoms with Gasteiger partial charge in [-0.05, 0) is 18.3 Å². The summed E-state index contributed by atoms with van der Waals surface area (Å²) in [7, 11) is 0. The van der Waals surface area contributed by atoms with Crippen LogP contribution in [0.2, 0.25) is 0 Å². The lowest BCUT2D eigenvalue weighted by Gasteiger charge is -2.42. The van der Waals surface area contributed by atoms with Crippen molar-refractivity contribution >= 4 is 11.9 Å². The summed E-state index contributed by atoms with van der Waals surface area (Å²) in [5.41, 5.74) is -0.627. The van der Waals surface area contributed by atoms with Gasteiger partial charge in [-0.2, -0.15) is 0 Å². The number of ether oxygens (including phenoxy) is 1. The van der Waals surface area contributed by atoms with Crippen LogP contribution < -0.4 is 0 Å². The van der Waals surface area contributed by atoms with Crippen LogP contribution in [0, 0.1) is 29.1 Å². The van der Waals surface area contributed by atoms with E-state index in [0.717, 1.165) is 6.42 Å². The zero-order chi connectivity index (χ0) is 12.6. The van der Waals surface area contributed by atoms with Crippen molar-refractivity contribution in [2.24, 2.45) is 29.1 Å². The molecule has 5 atom stereocenters. The van der Waals surface area contributed by atoms with Crippen LogP contribution in [0.1, 0.15) is 33.6 Å². The monoisotopic (exact) mass is 238 g/mol. The van der Waals surface area contributed by atoms with E-state index in [9.17, 15) is 9.59 Å². The number of carboxylic acids is 1. The van der Waals surface area contributed by atoms with Crippen LogP contribution >= 0.6 is 0 Å². The Bertz CT molecular complexity index is 414. The second-order valence-electron chi connectivity index (χ2n) is 6.42. The average Bonchev–Trinajstić information content (AvgIpc) is 2.91. The van der Waals surface area contributed by atoms with E-state index in [1.165, 1.54) is 0 Å². The van der Waals surface area contributed by atoms with Crippen molar-refractivity contribution < 1.29 is 19.4 Å². The molecule has 0 aromatic heterocycles. The Morgan fingerprint density at radius 2 is 2.12 bits per heavy atom. The van der Waals surface area contributed by atoms with E-state index >= 15 is 0 Å². The molecule has 4 nitrogen and oxygen atoms in total. The topological polar surface area (TPSA) is 63.6 Å². The second kappa shape index (κ2) is 2.85. The van der Waals surface area contributed by atoms with Gasteiger partial charge in [-0.1, -0.05) is 20.8 Å². The molecule has 2 aliphatic carbocycles. The molecule has 94 valence electrons. The number of hydrogen-bond donors (Lipinski definition) is 1. The Kier molecular flexibility index (Phi) is 1.85. The lowest BCUT2D eigenvalue weighted by atomic mass is 9.67. The minimum atomic E-state index is -1.04. The van der Waals surface area contributed by atoms with Gasteiger partial charge in [0.2, 0.25) is 0 Å². The quantitative estimate of drug-likeness (QED) is 0.557. The van der Waals surface area contributed by atoms with E-state index in [0.29, 0.717) is 24.2 Å². The molecule has 1 aliphatic heterocycles. The molecule has 0 aromatic carbocycles. The predicted molar refractivity (Wildman–Crippen MR) is 59.1 cm³/mol.